The lowest BCUT2D eigenvalue weighted by Crippen LogP contribution is -2.28. The minimum absolute atomic E-state index is 0. The van der Waals surface area contributed by atoms with Crippen molar-refractivity contribution >= 4 is 23.8 Å². The van der Waals surface area contributed by atoms with Gasteiger partial charge >= 0.3 is 0 Å². The van der Waals surface area contributed by atoms with Crippen LogP contribution in [-0.4, -0.2) is 31.1 Å². The Bertz CT molecular complexity index is 379. The maximum absolute atomic E-state index is 10.9. The molecule has 1 aromatic rings. The second-order valence-electron chi connectivity index (χ2n) is 3.84. The quantitative estimate of drug-likeness (QED) is 0.649. The fourth-order valence-corrected chi connectivity index (χ4v) is 1.97. The zero-order valence-electron chi connectivity index (χ0n) is 9.46. The van der Waals surface area contributed by atoms with Gasteiger partial charge in [0.15, 0.2) is 0 Å². The van der Waals surface area contributed by atoms with Crippen LogP contribution in [0, 0.1) is 10.1 Å². The highest BCUT2D eigenvalue weighted by Crippen LogP contribution is 2.27. The number of anilines is 1. The molecule has 2 rings (SSSR count). The Morgan fingerprint density at radius 1 is 1.24 bits per heavy atom. The maximum atomic E-state index is 10.9. The van der Waals surface area contributed by atoms with Gasteiger partial charge in [0, 0.05) is 25.7 Å². The highest BCUT2D eigenvalue weighted by Gasteiger charge is 2.18. The maximum Gasteiger partial charge on any atom is 0.292 e. The molecule has 1 aliphatic rings. The normalized spacial score (nSPS) is 15.9. The molecule has 1 aliphatic heterocycles. The second-order valence-corrected chi connectivity index (χ2v) is 3.84. The average molecular weight is 258 g/mol. The first-order valence-corrected chi connectivity index (χ1v) is 5.48. The van der Waals surface area contributed by atoms with E-state index in [-0.39, 0.29) is 23.0 Å². The van der Waals surface area contributed by atoms with E-state index in [0.717, 1.165) is 38.3 Å². The molecule has 94 valence electrons. The SMILES string of the molecule is Cl.O=[N+]([O-])c1ccccc1N1CCCNCC1. The fourth-order valence-electron chi connectivity index (χ4n) is 1.97. The molecule has 1 aromatic carbocycles. The molecular formula is C11H16ClN3O2. The number of halogens is 1. The summed E-state index contributed by atoms with van der Waals surface area (Å²) in [5.41, 5.74) is 0.931. The summed E-state index contributed by atoms with van der Waals surface area (Å²) in [4.78, 5) is 12.7. The van der Waals surface area contributed by atoms with Crippen molar-refractivity contribution in [3.05, 3.63) is 34.4 Å². The second kappa shape index (κ2) is 6.42. The Kier molecular flexibility index (Phi) is 5.18. The first-order chi connectivity index (χ1) is 7.79. The van der Waals surface area contributed by atoms with Gasteiger partial charge in [0.05, 0.1) is 4.92 Å². The van der Waals surface area contributed by atoms with Crippen LogP contribution in [0.5, 0.6) is 0 Å². The van der Waals surface area contributed by atoms with Gasteiger partial charge in [-0.15, -0.1) is 12.4 Å². The van der Waals surface area contributed by atoms with Crippen LogP contribution in [0.15, 0.2) is 24.3 Å². The highest BCUT2D eigenvalue weighted by molar-refractivity contribution is 5.85. The third-order valence-electron chi connectivity index (χ3n) is 2.76. The molecule has 0 aliphatic carbocycles. The number of rotatable bonds is 2. The Labute approximate surface area is 106 Å². The van der Waals surface area contributed by atoms with Gasteiger partial charge in [0.1, 0.15) is 5.69 Å². The summed E-state index contributed by atoms with van der Waals surface area (Å²) in [5.74, 6) is 0. The topological polar surface area (TPSA) is 58.4 Å². The summed E-state index contributed by atoms with van der Waals surface area (Å²) >= 11 is 0. The monoisotopic (exact) mass is 257 g/mol. The van der Waals surface area contributed by atoms with Gasteiger partial charge in [0.25, 0.3) is 5.69 Å². The van der Waals surface area contributed by atoms with Crippen molar-refractivity contribution in [3.63, 3.8) is 0 Å². The lowest BCUT2D eigenvalue weighted by atomic mass is 10.2. The van der Waals surface area contributed by atoms with Crippen LogP contribution in [0.25, 0.3) is 0 Å². The van der Waals surface area contributed by atoms with E-state index in [9.17, 15) is 10.1 Å². The number of nitrogens with one attached hydrogen (secondary N) is 1. The first kappa shape index (κ1) is 13.7. The lowest BCUT2D eigenvalue weighted by Gasteiger charge is -2.21. The molecule has 0 spiro atoms. The van der Waals surface area contributed by atoms with Crippen LogP contribution in [-0.2, 0) is 0 Å². The molecule has 6 heteroatoms. The highest BCUT2D eigenvalue weighted by atomic mass is 35.5. The van der Waals surface area contributed by atoms with Crippen LogP contribution >= 0.6 is 12.4 Å². The first-order valence-electron chi connectivity index (χ1n) is 5.48. The summed E-state index contributed by atoms with van der Waals surface area (Å²) in [6, 6.07) is 6.94. The molecule has 5 nitrogen and oxygen atoms in total. The van der Waals surface area contributed by atoms with Crippen molar-refractivity contribution in [3.8, 4) is 0 Å². The largest absolute Gasteiger partial charge is 0.365 e. The minimum Gasteiger partial charge on any atom is -0.365 e. The Morgan fingerprint density at radius 3 is 2.76 bits per heavy atom. The molecule has 17 heavy (non-hydrogen) atoms. The Morgan fingerprint density at radius 2 is 2.00 bits per heavy atom. The predicted octanol–water partition coefficient (Wildman–Crippen LogP) is 1.82. The summed E-state index contributed by atoms with van der Waals surface area (Å²) in [7, 11) is 0. The van der Waals surface area contributed by atoms with E-state index in [1.807, 2.05) is 12.1 Å². The molecule has 0 bridgehead atoms. The van der Waals surface area contributed by atoms with Crippen LogP contribution in [0.3, 0.4) is 0 Å². The van der Waals surface area contributed by atoms with Gasteiger partial charge in [-0.25, -0.2) is 0 Å². The molecule has 0 saturated carbocycles. The number of nitrogens with zero attached hydrogens (tertiary/aromatic N) is 2. The van der Waals surface area contributed by atoms with Crippen molar-refractivity contribution in [1.82, 2.24) is 5.32 Å². The van der Waals surface area contributed by atoms with Crippen molar-refractivity contribution in [2.75, 3.05) is 31.1 Å². The van der Waals surface area contributed by atoms with E-state index in [4.69, 9.17) is 0 Å². The fraction of sp³-hybridized carbons (Fsp3) is 0.455. The standard InChI is InChI=1S/C11H15N3O2.ClH/c15-14(16)11-5-2-1-4-10(11)13-8-3-6-12-7-9-13;/h1-2,4-5,12H,3,6-9H2;1H. The molecule has 1 fully saturated rings. The molecule has 1 N–H and O–H groups in total. The minimum atomic E-state index is -0.312. The van der Waals surface area contributed by atoms with Gasteiger partial charge in [-0.05, 0) is 19.0 Å². The van der Waals surface area contributed by atoms with E-state index in [1.165, 1.54) is 0 Å². The number of nitro benzene ring substituents is 1. The summed E-state index contributed by atoms with van der Waals surface area (Å²) in [6.07, 6.45) is 1.02. The molecule has 1 saturated heterocycles. The lowest BCUT2D eigenvalue weighted by molar-refractivity contribution is -0.384. The zero-order chi connectivity index (χ0) is 11.4. The van der Waals surface area contributed by atoms with Crippen molar-refractivity contribution in [2.45, 2.75) is 6.42 Å². The third-order valence-corrected chi connectivity index (χ3v) is 2.76. The van der Waals surface area contributed by atoms with Crippen LogP contribution < -0.4 is 10.2 Å². The van der Waals surface area contributed by atoms with E-state index < -0.39 is 0 Å². The van der Waals surface area contributed by atoms with Crippen LogP contribution in [0.4, 0.5) is 11.4 Å². The molecule has 0 unspecified atom stereocenters. The van der Waals surface area contributed by atoms with Gasteiger partial charge in [-0.3, -0.25) is 10.1 Å². The van der Waals surface area contributed by atoms with Crippen molar-refractivity contribution < 1.29 is 4.92 Å². The van der Waals surface area contributed by atoms with Gasteiger partial charge in [-0.1, -0.05) is 12.1 Å². The molecule has 0 amide bonds. The molecule has 0 atom stereocenters. The van der Waals surface area contributed by atoms with Gasteiger partial charge < -0.3 is 10.2 Å². The third kappa shape index (κ3) is 3.31. The zero-order valence-corrected chi connectivity index (χ0v) is 10.3. The molecule has 0 aromatic heterocycles. The Hall–Kier alpha value is -1.33. The van der Waals surface area contributed by atoms with Crippen molar-refractivity contribution in [2.24, 2.45) is 0 Å². The average Bonchev–Trinajstić information content (AvgIpc) is 2.57. The van der Waals surface area contributed by atoms with E-state index in [0.29, 0.717) is 0 Å². The molecular weight excluding hydrogens is 242 g/mol. The summed E-state index contributed by atoms with van der Waals surface area (Å²) < 4.78 is 0. The van der Waals surface area contributed by atoms with Crippen LogP contribution in [0.1, 0.15) is 6.42 Å². The van der Waals surface area contributed by atoms with E-state index in [2.05, 4.69) is 10.2 Å². The van der Waals surface area contributed by atoms with Crippen LogP contribution in [0.2, 0.25) is 0 Å². The van der Waals surface area contributed by atoms with Gasteiger partial charge in [-0.2, -0.15) is 0 Å². The summed E-state index contributed by atoms with van der Waals surface area (Å²) in [5, 5.41) is 14.2. The van der Waals surface area contributed by atoms with Crippen molar-refractivity contribution in [1.29, 1.82) is 0 Å². The number of para-hydroxylation sites is 2. The number of nitro groups is 1. The van der Waals surface area contributed by atoms with E-state index in [1.54, 1.807) is 12.1 Å². The van der Waals surface area contributed by atoms with Gasteiger partial charge in [0.2, 0.25) is 0 Å². The smallest absolute Gasteiger partial charge is 0.292 e. The predicted molar refractivity (Wildman–Crippen MR) is 70.0 cm³/mol. The molecule has 0 radical (unpaired) electrons. The molecule has 1 heterocycles. The number of hydrogen-bond acceptors (Lipinski definition) is 4. The number of benzene rings is 1. The summed E-state index contributed by atoms with van der Waals surface area (Å²) in [6.45, 7) is 3.56. The Balaban J connectivity index is 0.00000144. The number of hydrogen-bond donors (Lipinski definition) is 1. The van der Waals surface area contributed by atoms with E-state index >= 15 is 0 Å².